The van der Waals surface area contributed by atoms with Gasteiger partial charge in [0.2, 0.25) is 0 Å². The summed E-state index contributed by atoms with van der Waals surface area (Å²) in [6, 6.07) is 18.5. The maximum atomic E-state index is 13.1. The number of rotatable bonds is 4. The number of ether oxygens (including phenoxy) is 2. The average Bonchev–Trinajstić information content (AvgIpc) is 2.96. The van der Waals surface area contributed by atoms with Crippen molar-refractivity contribution in [2.24, 2.45) is 5.41 Å². The fourth-order valence-electron chi connectivity index (χ4n) is 5.88. The summed E-state index contributed by atoms with van der Waals surface area (Å²) in [7, 11) is 1.70. The third kappa shape index (κ3) is 6.51. The molecule has 2 aromatic carbocycles. The number of fused-ring (bicyclic) bond motifs is 1. The van der Waals surface area contributed by atoms with E-state index < -0.39 is 0 Å². The third-order valence-corrected chi connectivity index (χ3v) is 8.08. The minimum atomic E-state index is 0.00972. The lowest BCUT2D eigenvalue weighted by Crippen LogP contribution is -2.48. The number of hydrogen-bond acceptors (Lipinski definition) is 6. The number of carbonyl (C=O) groups is 1. The average molecular weight is 515 g/mol. The van der Waals surface area contributed by atoms with Crippen LogP contribution in [0.4, 0.5) is 0 Å². The molecular weight excluding hydrogens is 476 g/mol. The molecule has 0 atom stereocenters. The number of amides is 1. The van der Waals surface area contributed by atoms with Crippen molar-refractivity contribution in [3.8, 4) is 11.5 Å². The van der Waals surface area contributed by atoms with Crippen molar-refractivity contribution in [1.29, 1.82) is 0 Å². The van der Waals surface area contributed by atoms with Gasteiger partial charge < -0.3 is 14.4 Å². The molecule has 0 bridgehead atoms. The Morgan fingerprint density at radius 2 is 1.82 bits per heavy atom. The van der Waals surface area contributed by atoms with Crippen LogP contribution in [0.25, 0.3) is 0 Å². The van der Waals surface area contributed by atoms with E-state index in [-0.39, 0.29) is 11.3 Å². The number of nitrogens with zero attached hydrogens (tertiary/aromatic N) is 4. The van der Waals surface area contributed by atoms with Gasteiger partial charge in [-0.1, -0.05) is 36.8 Å². The lowest BCUT2D eigenvalue weighted by atomic mass is 9.73. The van der Waals surface area contributed by atoms with Crippen molar-refractivity contribution in [3.05, 3.63) is 83.9 Å². The molecule has 0 N–H and O–H groups in total. The maximum absolute atomic E-state index is 13.1. The van der Waals surface area contributed by atoms with Crippen LogP contribution in [0.2, 0.25) is 0 Å². The highest BCUT2D eigenvalue weighted by molar-refractivity contribution is 5.92. The molecular formula is C31H38N4O3. The summed E-state index contributed by atoms with van der Waals surface area (Å²) in [6.45, 7) is 4.89. The third-order valence-electron chi connectivity index (χ3n) is 8.08. The molecule has 0 unspecified atom stereocenters. The highest BCUT2D eigenvalue weighted by Crippen LogP contribution is 2.39. The molecule has 7 nitrogen and oxygen atoms in total. The minimum absolute atomic E-state index is 0.00972. The van der Waals surface area contributed by atoms with E-state index in [2.05, 4.69) is 51.3 Å². The van der Waals surface area contributed by atoms with Gasteiger partial charge in [0.25, 0.3) is 5.91 Å². The molecule has 0 radical (unpaired) electrons. The Bertz CT molecular complexity index is 1180. The zero-order valence-corrected chi connectivity index (χ0v) is 22.3. The molecule has 38 heavy (non-hydrogen) atoms. The second kappa shape index (κ2) is 12.4. The number of aromatic nitrogens is 2. The molecule has 2 aliphatic heterocycles. The van der Waals surface area contributed by atoms with E-state index in [0.717, 1.165) is 69.9 Å². The molecule has 7 heteroatoms. The van der Waals surface area contributed by atoms with E-state index in [9.17, 15) is 4.79 Å². The molecule has 5 rings (SSSR count). The number of methoxy groups -OCH3 is 1. The highest BCUT2D eigenvalue weighted by Gasteiger charge is 2.37. The number of likely N-dealkylation sites (tertiary alicyclic amines) is 1. The van der Waals surface area contributed by atoms with E-state index in [4.69, 9.17) is 9.47 Å². The van der Waals surface area contributed by atoms with Crippen molar-refractivity contribution < 1.29 is 14.3 Å². The van der Waals surface area contributed by atoms with Gasteiger partial charge in [0.15, 0.2) is 0 Å². The van der Waals surface area contributed by atoms with Gasteiger partial charge in [-0.05, 0) is 72.9 Å². The number of benzene rings is 2. The number of carbonyl (C=O) groups excluding carboxylic acids is 1. The largest absolute Gasteiger partial charge is 0.497 e. The van der Waals surface area contributed by atoms with Crippen molar-refractivity contribution >= 4 is 5.91 Å². The minimum Gasteiger partial charge on any atom is -0.497 e. The summed E-state index contributed by atoms with van der Waals surface area (Å²) in [5, 5.41) is 0. The van der Waals surface area contributed by atoms with Gasteiger partial charge in [-0.25, -0.2) is 9.97 Å². The number of aryl methyl sites for hydroxylation is 1. The molecule has 1 aromatic heterocycles. The Balaban J connectivity index is 1.33. The molecule has 1 spiro atoms. The second-order valence-corrected chi connectivity index (χ2v) is 10.6. The summed E-state index contributed by atoms with van der Waals surface area (Å²) in [4.78, 5) is 25.7. The van der Waals surface area contributed by atoms with E-state index in [1.807, 2.05) is 17.0 Å². The zero-order valence-electron chi connectivity index (χ0n) is 22.3. The van der Waals surface area contributed by atoms with Gasteiger partial charge in [-0.15, -0.1) is 0 Å². The Hall–Kier alpha value is -3.45. The SMILES string of the molecule is COc1ccc(CN2CCOc3ccccc3CCCCC3(CCN(C(=O)c4ccncn4)CC3)C2)cc1. The predicted molar refractivity (Wildman–Crippen MR) is 147 cm³/mol. The van der Waals surface area contributed by atoms with Gasteiger partial charge >= 0.3 is 0 Å². The van der Waals surface area contributed by atoms with Crippen molar-refractivity contribution in [3.63, 3.8) is 0 Å². The second-order valence-electron chi connectivity index (χ2n) is 10.6. The summed E-state index contributed by atoms with van der Waals surface area (Å²) in [6.07, 6.45) is 9.61. The molecule has 1 saturated heterocycles. The topological polar surface area (TPSA) is 67.8 Å². The molecule has 1 fully saturated rings. The Labute approximate surface area is 225 Å². The fourth-order valence-corrected chi connectivity index (χ4v) is 5.88. The van der Waals surface area contributed by atoms with E-state index >= 15 is 0 Å². The van der Waals surface area contributed by atoms with Gasteiger partial charge in [0.1, 0.15) is 30.1 Å². The monoisotopic (exact) mass is 514 g/mol. The molecule has 1 amide bonds. The lowest BCUT2D eigenvalue weighted by molar-refractivity contribution is 0.0357. The van der Waals surface area contributed by atoms with Crippen LogP contribution in [0.3, 0.4) is 0 Å². The number of hydrogen-bond donors (Lipinski definition) is 0. The Morgan fingerprint density at radius 3 is 2.58 bits per heavy atom. The highest BCUT2D eigenvalue weighted by atomic mass is 16.5. The normalized spacial score (nSPS) is 18.5. The smallest absolute Gasteiger partial charge is 0.272 e. The molecule has 3 aromatic rings. The van der Waals surface area contributed by atoms with Crippen LogP contribution in [0, 0.1) is 5.41 Å². The lowest BCUT2D eigenvalue weighted by Gasteiger charge is -2.45. The van der Waals surface area contributed by atoms with Crippen LogP contribution in [-0.4, -0.2) is 65.6 Å². The maximum Gasteiger partial charge on any atom is 0.272 e. The summed E-state index contributed by atoms with van der Waals surface area (Å²) >= 11 is 0. The standard InChI is InChI=1S/C31H38N4O3/c1-37-27-11-9-25(10-12-27)22-34-20-21-38-29-8-3-2-6-26(29)7-4-5-14-31(23-34)15-18-35(19-16-31)30(36)28-13-17-32-24-33-28/h2-3,6,8-13,17,24H,4-5,7,14-16,18-23H2,1H3. The van der Waals surface area contributed by atoms with Crippen molar-refractivity contribution in [2.75, 3.05) is 39.9 Å². The Morgan fingerprint density at radius 1 is 1.00 bits per heavy atom. The Kier molecular flexibility index (Phi) is 8.54. The number of para-hydroxylation sites is 1. The first-order valence-corrected chi connectivity index (χ1v) is 13.8. The van der Waals surface area contributed by atoms with Gasteiger partial charge in [-0.2, -0.15) is 0 Å². The fraction of sp³-hybridized carbons (Fsp3) is 0.452. The summed E-state index contributed by atoms with van der Waals surface area (Å²) in [5.74, 6) is 1.90. The first-order valence-electron chi connectivity index (χ1n) is 13.8. The van der Waals surface area contributed by atoms with E-state index in [1.54, 1.807) is 19.4 Å². The van der Waals surface area contributed by atoms with E-state index in [0.29, 0.717) is 12.3 Å². The number of piperidine rings is 1. The van der Waals surface area contributed by atoms with Crippen LogP contribution in [-0.2, 0) is 13.0 Å². The van der Waals surface area contributed by atoms with Crippen LogP contribution in [0.15, 0.2) is 67.1 Å². The zero-order chi connectivity index (χ0) is 26.2. The van der Waals surface area contributed by atoms with E-state index in [1.165, 1.54) is 30.3 Å². The van der Waals surface area contributed by atoms with Crippen LogP contribution in [0.5, 0.6) is 11.5 Å². The first kappa shape index (κ1) is 26.2. The summed E-state index contributed by atoms with van der Waals surface area (Å²) in [5.41, 5.74) is 3.22. The quantitative estimate of drug-likeness (QED) is 0.487. The van der Waals surface area contributed by atoms with Crippen LogP contribution in [0.1, 0.15) is 53.7 Å². The van der Waals surface area contributed by atoms with Gasteiger partial charge in [-0.3, -0.25) is 9.69 Å². The first-order chi connectivity index (χ1) is 18.6. The van der Waals surface area contributed by atoms with Crippen LogP contribution < -0.4 is 9.47 Å². The molecule has 0 aliphatic carbocycles. The van der Waals surface area contributed by atoms with Gasteiger partial charge in [0.05, 0.1) is 7.11 Å². The predicted octanol–water partition coefficient (Wildman–Crippen LogP) is 5.02. The van der Waals surface area contributed by atoms with Crippen molar-refractivity contribution in [2.45, 2.75) is 45.1 Å². The molecule has 2 aliphatic rings. The molecule has 200 valence electrons. The van der Waals surface area contributed by atoms with Crippen LogP contribution >= 0.6 is 0 Å². The molecule has 0 saturated carbocycles. The summed E-state index contributed by atoms with van der Waals surface area (Å²) < 4.78 is 11.7. The molecule has 3 heterocycles. The van der Waals surface area contributed by atoms with Gasteiger partial charge in [0, 0.05) is 38.9 Å². The van der Waals surface area contributed by atoms with Crippen molar-refractivity contribution in [1.82, 2.24) is 19.8 Å².